The fraction of sp³-hybridized carbons (Fsp3) is 0.500. The lowest BCUT2D eigenvalue weighted by Crippen LogP contribution is -2.26. The number of carbonyl (C=O) groups excluding carboxylic acids is 1. The molecule has 1 aliphatic rings. The fourth-order valence-corrected chi connectivity index (χ4v) is 2.55. The smallest absolute Gasteiger partial charge is 0.303 e. The van der Waals surface area contributed by atoms with E-state index >= 15 is 0 Å². The predicted molar refractivity (Wildman–Crippen MR) is 76.3 cm³/mol. The molecule has 2 rings (SSSR count). The first-order chi connectivity index (χ1) is 10.5. The molecule has 0 aromatic heterocycles. The molecule has 0 bridgehead atoms. The highest BCUT2D eigenvalue weighted by Crippen LogP contribution is 2.48. The van der Waals surface area contributed by atoms with Crippen LogP contribution in [0.15, 0.2) is 18.2 Å². The molecule has 6 heteroatoms. The van der Waals surface area contributed by atoms with Crippen molar-refractivity contribution in [2.75, 3.05) is 6.54 Å². The predicted octanol–water partition coefficient (Wildman–Crippen LogP) is 2.83. The first-order valence-corrected chi connectivity index (χ1v) is 7.43. The minimum Gasteiger partial charge on any atom is -0.481 e. The van der Waals surface area contributed by atoms with E-state index in [1.807, 2.05) is 0 Å². The van der Waals surface area contributed by atoms with Crippen LogP contribution in [0.25, 0.3) is 0 Å². The molecule has 2 N–H and O–H groups in total. The molecule has 120 valence electrons. The molecule has 1 aliphatic carbocycles. The molecule has 0 spiro atoms. The maximum Gasteiger partial charge on any atom is 0.303 e. The number of halogens is 2. The van der Waals surface area contributed by atoms with Crippen molar-refractivity contribution in [2.24, 2.45) is 5.92 Å². The summed E-state index contributed by atoms with van der Waals surface area (Å²) in [6.07, 6.45) is 2.78. The Kier molecular flexibility index (Phi) is 5.46. The number of rotatable bonds is 8. The van der Waals surface area contributed by atoms with Gasteiger partial charge >= 0.3 is 5.97 Å². The summed E-state index contributed by atoms with van der Waals surface area (Å²) in [5.74, 6) is -2.58. The van der Waals surface area contributed by atoms with Gasteiger partial charge in [0.05, 0.1) is 0 Å². The quantitative estimate of drug-likeness (QED) is 0.726. The molecule has 1 saturated carbocycles. The van der Waals surface area contributed by atoms with Crippen molar-refractivity contribution < 1.29 is 23.5 Å². The van der Waals surface area contributed by atoms with Crippen molar-refractivity contribution in [3.05, 3.63) is 35.4 Å². The second-order valence-electron chi connectivity index (χ2n) is 5.61. The Morgan fingerprint density at radius 3 is 2.68 bits per heavy atom. The molecular formula is C16H19F2NO3. The summed E-state index contributed by atoms with van der Waals surface area (Å²) in [5, 5.41) is 11.3. The Morgan fingerprint density at radius 2 is 2.00 bits per heavy atom. The molecule has 2 atom stereocenters. The molecule has 1 fully saturated rings. The van der Waals surface area contributed by atoms with Crippen molar-refractivity contribution in [1.82, 2.24) is 5.32 Å². The van der Waals surface area contributed by atoms with E-state index < -0.39 is 17.6 Å². The zero-order valence-electron chi connectivity index (χ0n) is 12.1. The van der Waals surface area contributed by atoms with Gasteiger partial charge in [0.2, 0.25) is 5.91 Å². The van der Waals surface area contributed by atoms with Gasteiger partial charge in [-0.25, -0.2) is 8.78 Å². The lowest BCUT2D eigenvalue weighted by molar-refractivity contribution is -0.137. The third-order valence-electron chi connectivity index (χ3n) is 3.86. The van der Waals surface area contributed by atoms with Crippen LogP contribution in [0.5, 0.6) is 0 Å². The van der Waals surface area contributed by atoms with Crippen molar-refractivity contribution in [2.45, 2.75) is 38.0 Å². The molecule has 0 saturated heterocycles. The highest BCUT2D eigenvalue weighted by atomic mass is 19.1. The van der Waals surface area contributed by atoms with Gasteiger partial charge in [-0.1, -0.05) is 12.5 Å². The highest BCUT2D eigenvalue weighted by molar-refractivity contribution is 5.82. The summed E-state index contributed by atoms with van der Waals surface area (Å²) < 4.78 is 26.5. The van der Waals surface area contributed by atoms with E-state index in [2.05, 4.69) is 5.32 Å². The molecule has 1 aromatic carbocycles. The molecule has 0 radical (unpaired) electrons. The van der Waals surface area contributed by atoms with E-state index in [4.69, 9.17) is 5.11 Å². The number of nitrogens with one attached hydrogen (secondary N) is 1. The van der Waals surface area contributed by atoms with Crippen LogP contribution in [-0.4, -0.2) is 23.5 Å². The average Bonchev–Trinajstić information content (AvgIpc) is 3.22. The Labute approximate surface area is 127 Å². The largest absolute Gasteiger partial charge is 0.481 e. The van der Waals surface area contributed by atoms with E-state index in [0.29, 0.717) is 24.9 Å². The topological polar surface area (TPSA) is 66.4 Å². The second kappa shape index (κ2) is 7.33. The molecule has 22 heavy (non-hydrogen) atoms. The van der Waals surface area contributed by atoms with Gasteiger partial charge in [-0.05, 0) is 36.8 Å². The first kappa shape index (κ1) is 16.4. The standard InChI is InChI=1S/C16H19F2NO3/c17-10-5-6-11(14(18)8-10)12-9-13(12)16(22)19-7-3-1-2-4-15(20)21/h5-6,8,12-13H,1-4,7,9H2,(H,19,22)(H,20,21). The summed E-state index contributed by atoms with van der Waals surface area (Å²) >= 11 is 0. The molecule has 0 heterocycles. The van der Waals surface area contributed by atoms with Gasteiger partial charge in [0.25, 0.3) is 0 Å². The van der Waals surface area contributed by atoms with Gasteiger partial charge in [-0.15, -0.1) is 0 Å². The third kappa shape index (κ3) is 4.51. The molecule has 1 aromatic rings. The number of carboxylic acids is 1. The molecule has 2 unspecified atom stereocenters. The summed E-state index contributed by atoms with van der Waals surface area (Å²) in [5.41, 5.74) is 0.392. The zero-order valence-corrected chi connectivity index (χ0v) is 12.1. The maximum atomic E-state index is 13.6. The van der Waals surface area contributed by atoms with Gasteiger partial charge in [-0.3, -0.25) is 9.59 Å². The van der Waals surface area contributed by atoms with Gasteiger partial charge in [-0.2, -0.15) is 0 Å². The van der Waals surface area contributed by atoms with Crippen LogP contribution in [-0.2, 0) is 9.59 Å². The zero-order chi connectivity index (χ0) is 16.1. The minimum atomic E-state index is -0.814. The first-order valence-electron chi connectivity index (χ1n) is 7.43. The number of hydrogen-bond acceptors (Lipinski definition) is 2. The van der Waals surface area contributed by atoms with Crippen LogP contribution >= 0.6 is 0 Å². The van der Waals surface area contributed by atoms with E-state index in [1.165, 1.54) is 12.1 Å². The van der Waals surface area contributed by atoms with Crippen LogP contribution < -0.4 is 5.32 Å². The van der Waals surface area contributed by atoms with Crippen LogP contribution in [0.2, 0.25) is 0 Å². The van der Waals surface area contributed by atoms with Crippen LogP contribution in [0.1, 0.15) is 43.6 Å². The van der Waals surface area contributed by atoms with E-state index in [1.54, 1.807) is 0 Å². The summed E-state index contributed by atoms with van der Waals surface area (Å²) in [4.78, 5) is 22.2. The Hall–Kier alpha value is -1.98. The number of carbonyl (C=O) groups is 2. The Balaban J connectivity index is 1.69. The van der Waals surface area contributed by atoms with Gasteiger partial charge < -0.3 is 10.4 Å². The third-order valence-corrected chi connectivity index (χ3v) is 3.86. The van der Waals surface area contributed by atoms with Gasteiger partial charge in [0, 0.05) is 24.9 Å². The number of benzene rings is 1. The lowest BCUT2D eigenvalue weighted by Gasteiger charge is -2.05. The minimum absolute atomic E-state index is 0.119. The normalized spacial score (nSPS) is 19.7. The van der Waals surface area contributed by atoms with Crippen molar-refractivity contribution in [3.63, 3.8) is 0 Å². The van der Waals surface area contributed by atoms with Crippen LogP contribution in [0.4, 0.5) is 8.78 Å². The number of hydrogen-bond donors (Lipinski definition) is 2. The molecule has 0 aliphatic heterocycles. The van der Waals surface area contributed by atoms with Crippen molar-refractivity contribution in [3.8, 4) is 0 Å². The monoisotopic (exact) mass is 311 g/mol. The second-order valence-corrected chi connectivity index (χ2v) is 5.61. The maximum absolute atomic E-state index is 13.6. The van der Waals surface area contributed by atoms with E-state index in [-0.39, 0.29) is 24.2 Å². The number of carboxylic acid groups (broad SMARTS) is 1. The molecule has 4 nitrogen and oxygen atoms in total. The SMILES string of the molecule is O=C(O)CCCCCNC(=O)C1CC1c1ccc(F)cc1F. The fourth-order valence-electron chi connectivity index (χ4n) is 2.55. The lowest BCUT2D eigenvalue weighted by atomic mass is 10.1. The molecular weight excluding hydrogens is 292 g/mol. The summed E-state index contributed by atoms with van der Waals surface area (Å²) in [7, 11) is 0. The van der Waals surface area contributed by atoms with Crippen LogP contribution in [0.3, 0.4) is 0 Å². The summed E-state index contributed by atoms with van der Waals surface area (Å²) in [6.45, 7) is 0.494. The summed E-state index contributed by atoms with van der Waals surface area (Å²) in [6, 6.07) is 3.44. The average molecular weight is 311 g/mol. The number of amides is 1. The van der Waals surface area contributed by atoms with Gasteiger partial charge in [0.15, 0.2) is 0 Å². The molecule has 1 amide bonds. The van der Waals surface area contributed by atoms with E-state index in [0.717, 1.165) is 18.9 Å². The van der Waals surface area contributed by atoms with Gasteiger partial charge in [0.1, 0.15) is 11.6 Å². The Bertz CT molecular complexity index is 562. The van der Waals surface area contributed by atoms with E-state index in [9.17, 15) is 18.4 Å². The van der Waals surface area contributed by atoms with Crippen molar-refractivity contribution in [1.29, 1.82) is 0 Å². The number of aliphatic carboxylic acids is 1. The Morgan fingerprint density at radius 1 is 1.23 bits per heavy atom. The van der Waals surface area contributed by atoms with Crippen molar-refractivity contribution >= 4 is 11.9 Å². The van der Waals surface area contributed by atoms with Crippen LogP contribution in [0, 0.1) is 17.6 Å². The highest BCUT2D eigenvalue weighted by Gasteiger charge is 2.45. The number of unbranched alkanes of at least 4 members (excludes halogenated alkanes) is 2.